The van der Waals surface area contributed by atoms with Gasteiger partial charge in [0.1, 0.15) is 5.76 Å². The minimum absolute atomic E-state index is 0.415. The van der Waals surface area contributed by atoms with E-state index < -0.39 is 6.10 Å². The molecule has 0 spiro atoms. The minimum Gasteiger partial charge on any atom is -0.467 e. The molecule has 2 aromatic rings. The lowest BCUT2D eigenvalue weighted by Crippen LogP contribution is -2.23. The Bertz CT molecular complexity index is 493. The van der Waals surface area contributed by atoms with E-state index in [1.54, 1.807) is 6.26 Å². The highest BCUT2D eigenvalue weighted by molar-refractivity contribution is 5.54. The number of aliphatic hydroxyl groups is 1. The van der Waals surface area contributed by atoms with Crippen LogP contribution in [0.15, 0.2) is 47.1 Å². The van der Waals surface area contributed by atoms with Gasteiger partial charge in [-0.3, -0.25) is 0 Å². The summed E-state index contributed by atoms with van der Waals surface area (Å²) in [6, 6.07) is 11.9. The first-order chi connectivity index (χ1) is 9.26. The number of anilines is 1. The zero-order valence-corrected chi connectivity index (χ0v) is 11.5. The van der Waals surface area contributed by atoms with E-state index in [-0.39, 0.29) is 0 Å². The van der Waals surface area contributed by atoms with Gasteiger partial charge >= 0.3 is 0 Å². The number of benzene rings is 1. The van der Waals surface area contributed by atoms with E-state index in [4.69, 9.17) is 4.42 Å². The molecule has 1 aromatic carbocycles. The van der Waals surface area contributed by atoms with E-state index in [0.29, 0.717) is 0 Å². The van der Waals surface area contributed by atoms with Crippen molar-refractivity contribution in [3.8, 4) is 0 Å². The fraction of sp³-hybridized carbons (Fsp3) is 0.375. The van der Waals surface area contributed by atoms with Gasteiger partial charge in [0.2, 0.25) is 0 Å². The Balaban J connectivity index is 2.27. The van der Waals surface area contributed by atoms with Gasteiger partial charge in [-0.1, -0.05) is 25.1 Å². The summed E-state index contributed by atoms with van der Waals surface area (Å²) in [5.74, 6) is 0.933. The zero-order chi connectivity index (χ0) is 13.7. The van der Waals surface area contributed by atoms with Gasteiger partial charge < -0.3 is 14.4 Å². The van der Waals surface area contributed by atoms with Crippen molar-refractivity contribution in [2.75, 3.05) is 11.4 Å². The lowest BCUT2D eigenvalue weighted by Gasteiger charge is -2.26. The summed E-state index contributed by atoms with van der Waals surface area (Å²) in [5.41, 5.74) is 2.06. The van der Waals surface area contributed by atoms with Crippen LogP contribution in [0.25, 0.3) is 0 Å². The average Bonchev–Trinajstić information content (AvgIpc) is 2.97. The monoisotopic (exact) mass is 259 g/mol. The minimum atomic E-state index is -0.415. The van der Waals surface area contributed by atoms with Crippen molar-refractivity contribution in [2.24, 2.45) is 0 Å². The van der Waals surface area contributed by atoms with E-state index in [0.717, 1.165) is 36.5 Å². The number of para-hydroxylation sites is 1. The van der Waals surface area contributed by atoms with Crippen LogP contribution < -0.4 is 4.90 Å². The zero-order valence-electron chi connectivity index (χ0n) is 11.5. The summed E-state index contributed by atoms with van der Waals surface area (Å²) in [4.78, 5) is 2.22. The largest absolute Gasteiger partial charge is 0.467 e. The van der Waals surface area contributed by atoms with E-state index in [1.165, 1.54) is 0 Å². The number of rotatable bonds is 6. The van der Waals surface area contributed by atoms with Crippen LogP contribution in [0.1, 0.15) is 37.7 Å². The Morgan fingerprint density at radius 3 is 2.58 bits per heavy atom. The second-order valence-corrected chi connectivity index (χ2v) is 4.58. The molecular formula is C16H21NO2. The molecule has 0 bridgehead atoms. The van der Waals surface area contributed by atoms with Gasteiger partial charge in [-0.15, -0.1) is 0 Å². The van der Waals surface area contributed by atoms with Gasteiger partial charge in [0.15, 0.2) is 0 Å². The summed E-state index contributed by atoms with van der Waals surface area (Å²) in [5, 5.41) is 10.1. The predicted molar refractivity (Wildman–Crippen MR) is 77.1 cm³/mol. The number of aliphatic hydroxyl groups excluding tert-OH is 1. The molecule has 3 heteroatoms. The molecule has 1 heterocycles. The standard InChI is InChI=1S/C16H21NO2/c1-3-16(18)14-9-5-6-10-15(14)17(4-2)12-13-8-7-11-19-13/h5-11,16,18H,3-4,12H2,1-2H3. The van der Waals surface area contributed by atoms with Crippen LogP contribution in [-0.2, 0) is 6.54 Å². The van der Waals surface area contributed by atoms with Crippen molar-refractivity contribution in [1.29, 1.82) is 0 Å². The number of furan rings is 1. The maximum absolute atomic E-state index is 10.1. The first-order valence-electron chi connectivity index (χ1n) is 6.80. The van der Waals surface area contributed by atoms with Crippen LogP contribution in [0.5, 0.6) is 0 Å². The van der Waals surface area contributed by atoms with E-state index in [9.17, 15) is 5.11 Å². The van der Waals surface area contributed by atoms with Crippen LogP contribution in [0, 0.1) is 0 Å². The second kappa shape index (κ2) is 6.43. The lowest BCUT2D eigenvalue weighted by atomic mass is 10.0. The number of hydrogen-bond acceptors (Lipinski definition) is 3. The highest BCUT2D eigenvalue weighted by Gasteiger charge is 2.15. The van der Waals surface area contributed by atoms with E-state index in [2.05, 4.69) is 17.9 Å². The van der Waals surface area contributed by atoms with Crippen molar-refractivity contribution < 1.29 is 9.52 Å². The van der Waals surface area contributed by atoms with Crippen LogP contribution >= 0.6 is 0 Å². The SMILES string of the molecule is CCC(O)c1ccccc1N(CC)Cc1ccco1. The molecule has 0 fully saturated rings. The molecule has 2 rings (SSSR count). The second-order valence-electron chi connectivity index (χ2n) is 4.58. The number of nitrogens with zero attached hydrogens (tertiary/aromatic N) is 1. The molecule has 0 aliphatic heterocycles. The third-order valence-corrected chi connectivity index (χ3v) is 3.33. The molecule has 0 saturated heterocycles. The Kier molecular flexibility index (Phi) is 4.63. The van der Waals surface area contributed by atoms with Gasteiger partial charge in [0, 0.05) is 17.8 Å². The summed E-state index contributed by atoms with van der Waals surface area (Å²) in [6.45, 7) is 5.69. The fourth-order valence-corrected chi connectivity index (χ4v) is 2.24. The van der Waals surface area contributed by atoms with Crippen LogP contribution in [0.3, 0.4) is 0 Å². The van der Waals surface area contributed by atoms with Crippen molar-refractivity contribution in [1.82, 2.24) is 0 Å². The highest BCUT2D eigenvalue weighted by Crippen LogP contribution is 2.29. The van der Waals surface area contributed by atoms with Crippen molar-refractivity contribution in [3.63, 3.8) is 0 Å². The molecule has 0 saturated carbocycles. The van der Waals surface area contributed by atoms with Crippen molar-refractivity contribution in [2.45, 2.75) is 32.9 Å². The Hall–Kier alpha value is -1.74. The average molecular weight is 259 g/mol. The maximum Gasteiger partial charge on any atom is 0.123 e. The third kappa shape index (κ3) is 3.18. The Labute approximate surface area is 114 Å². The first-order valence-corrected chi connectivity index (χ1v) is 6.80. The molecule has 3 nitrogen and oxygen atoms in total. The Morgan fingerprint density at radius 1 is 1.16 bits per heavy atom. The molecular weight excluding hydrogens is 238 g/mol. The summed E-state index contributed by atoms with van der Waals surface area (Å²) < 4.78 is 5.41. The Morgan fingerprint density at radius 2 is 1.95 bits per heavy atom. The maximum atomic E-state index is 10.1. The van der Waals surface area contributed by atoms with Gasteiger partial charge in [0.05, 0.1) is 18.9 Å². The molecule has 1 N–H and O–H groups in total. The predicted octanol–water partition coefficient (Wildman–Crippen LogP) is 3.75. The smallest absolute Gasteiger partial charge is 0.123 e. The number of hydrogen-bond donors (Lipinski definition) is 1. The summed E-state index contributed by atoms with van der Waals surface area (Å²) in [7, 11) is 0. The first kappa shape index (κ1) is 13.7. The molecule has 0 aliphatic carbocycles. The molecule has 1 atom stereocenters. The normalized spacial score (nSPS) is 12.4. The van der Waals surface area contributed by atoms with Crippen LogP contribution in [0.4, 0.5) is 5.69 Å². The summed E-state index contributed by atoms with van der Waals surface area (Å²) >= 11 is 0. The topological polar surface area (TPSA) is 36.6 Å². The molecule has 0 radical (unpaired) electrons. The van der Waals surface area contributed by atoms with Crippen molar-refractivity contribution in [3.05, 3.63) is 54.0 Å². The van der Waals surface area contributed by atoms with Gasteiger partial charge in [0.25, 0.3) is 0 Å². The van der Waals surface area contributed by atoms with Gasteiger partial charge in [-0.2, -0.15) is 0 Å². The van der Waals surface area contributed by atoms with Gasteiger partial charge in [-0.05, 0) is 31.5 Å². The van der Waals surface area contributed by atoms with Crippen LogP contribution in [0.2, 0.25) is 0 Å². The third-order valence-electron chi connectivity index (χ3n) is 3.33. The fourth-order valence-electron chi connectivity index (χ4n) is 2.24. The quantitative estimate of drug-likeness (QED) is 0.858. The van der Waals surface area contributed by atoms with Gasteiger partial charge in [-0.25, -0.2) is 0 Å². The lowest BCUT2D eigenvalue weighted by molar-refractivity contribution is 0.174. The highest BCUT2D eigenvalue weighted by atomic mass is 16.3. The molecule has 1 aromatic heterocycles. The molecule has 0 aliphatic rings. The molecule has 19 heavy (non-hydrogen) atoms. The molecule has 102 valence electrons. The van der Waals surface area contributed by atoms with Crippen molar-refractivity contribution >= 4 is 5.69 Å². The van der Waals surface area contributed by atoms with E-state index >= 15 is 0 Å². The summed E-state index contributed by atoms with van der Waals surface area (Å²) in [6.07, 6.45) is 1.99. The van der Waals surface area contributed by atoms with Crippen LogP contribution in [-0.4, -0.2) is 11.7 Å². The molecule has 1 unspecified atom stereocenters. The van der Waals surface area contributed by atoms with E-state index in [1.807, 2.05) is 37.3 Å². The molecule has 0 amide bonds.